The zero-order valence-corrected chi connectivity index (χ0v) is 15.9. The van der Waals surface area contributed by atoms with Crippen LogP contribution in [0.3, 0.4) is 0 Å². The maximum Gasteiger partial charge on any atom is 0.247 e. The van der Waals surface area contributed by atoms with Crippen LogP contribution in [0.25, 0.3) is 0 Å². The summed E-state index contributed by atoms with van der Waals surface area (Å²) >= 11 is 6.15. The Kier molecular flexibility index (Phi) is 5.55. The summed E-state index contributed by atoms with van der Waals surface area (Å²) in [7, 11) is 1.80. The van der Waals surface area contributed by atoms with Crippen molar-refractivity contribution in [1.29, 1.82) is 0 Å². The largest absolute Gasteiger partial charge is 0.336 e. The van der Waals surface area contributed by atoms with E-state index in [1.165, 1.54) is 24.4 Å². The van der Waals surface area contributed by atoms with Crippen LogP contribution in [0.4, 0.5) is 33.2 Å². The molecule has 0 aliphatic carbocycles. The molecule has 2 aromatic heterocycles. The normalized spacial score (nSPS) is 10.4. The number of carbonyl (C=O) groups is 1. The molecule has 2 heterocycles. The standard InChI is InChI=1S/C18H17ClFN7O/c1-4-16(28)22-11-5-6-13(20)14(7-11)23-17-12(19)8-21-18(25-17)24-15-9-27(3)26-10(15)2/h4-9H,1H2,2-3H3,(H,22,28)(H2,21,23,24,25). The number of aromatic nitrogens is 4. The molecule has 3 rings (SSSR count). The van der Waals surface area contributed by atoms with Crippen molar-refractivity contribution in [3.63, 3.8) is 0 Å². The van der Waals surface area contributed by atoms with Gasteiger partial charge in [0.15, 0.2) is 5.82 Å². The third-order valence-corrected chi connectivity index (χ3v) is 3.95. The molecule has 0 spiro atoms. The van der Waals surface area contributed by atoms with Crippen LogP contribution >= 0.6 is 11.6 Å². The van der Waals surface area contributed by atoms with Crippen LogP contribution in [0.5, 0.6) is 0 Å². The summed E-state index contributed by atoms with van der Waals surface area (Å²) in [4.78, 5) is 19.8. The van der Waals surface area contributed by atoms with Gasteiger partial charge in [0.1, 0.15) is 10.8 Å². The fourth-order valence-corrected chi connectivity index (χ4v) is 2.52. The molecule has 1 amide bonds. The summed E-state index contributed by atoms with van der Waals surface area (Å²) in [6, 6.07) is 4.07. The average Bonchev–Trinajstić information content (AvgIpc) is 2.97. The van der Waals surface area contributed by atoms with Crippen LogP contribution in [0.1, 0.15) is 5.69 Å². The van der Waals surface area contributed by atoms with Gasteiger partial charge in [-0.1, -0.05) is 18.2 Å². The van der Waals surface area contributed by atoms with Crippen molar-refractivity contribution in [2.45, 2.75) is 6.92 Å². The fraction of sp³-hybridized carbons (Fsp3) is 0.111. The van der Waals surface area contributed by atoms with Gasteiger partial charge in [-0.25, -0.2) is 9.37 Å². The summed E-state index contributed by atoms with van der Waals surface area (Å²) in [6.07, 6.45) is 4.30. The van der Waals surface area contributed by atoms with Crippen LogP contribution in [0.15, 0.2) is 43.2 Å². The molecule has 3 N–H and O–H groups in total. The summed E-state index contributed by atoms with van der Waals surface area (Å²) in [5.74, 6) is -0.480. The number of amides is 1. The highest BCUT2D eigenvalue weighted by atomic mass is 35.5. The maximum absolute atomic E-state index is 14.2. The minimum Gasteiger partial charge on any atom is -0.336 e. The molecule has 144 valence electrons. The molecule has 0 fully saturated rings. The van der Waals surface area contributed by atoms with E-state index in [9.17, 15) is 9.18 Å². The van der Waals surface area contributed by atoms with E-state index in [2.05, 4.69) is 37.6 Å². The quantitative estimate of drug-likeness (QED) is 0.542. The van der Waals surface area contributed by atoms with Crippen molar-refractivity contribution >= 4 is 46.3 Å². The monoisotopic (exact) mass is 401 g/mol. The van der Waals surface area contributed by atoms with Crippen LogP contribution in [0.2, 0.25) is 5.02 Å². The lowest BCUT2D eigenvalue weighted by Crippen LogP contribution is -2.08. The molecule has 0 saturated carbocycles. The predicted octanol–water partition coefficient (Wildman–Crippen LogP) is 3.92. The van der Waals surface area contributed by atoms with Gasteiger partial charge in [0.2, 0.25) is 11.9 Å². The number of benzene rings is 1. The Morgan fingerprint density at radius 2 is 2.11 bits per heavy atom. The van der Waals surface area contributed by atoms with E-state index in [0.717, 1.165) is 17.5 Å². The van der Waals surface area contributed by atoms with Crippen LogP contribution < -0.4 is 16.0 Å². The zero-order chi connectivity index (χ0) is 20.3. The van der Waals surface area contributed by atoms with Crippen LogP contribution in [-0.2, 0) is 11.8 Å². The summed E-state index contributed by atoms with van der Waals surface area (Å²) < 4.78 is 15.9. The lowest BCUT2D eigenvalue weighted by atomic mass is 10.2. The number of halogens is 2. The number of hydrogen-bond acceptors (Lipinski definition) is 6. The third-order valence-electron chi connectivity index (χ3n) is 3.68. The fourth-order valence-electron chi connectivity index (χ4n) is 2.38. The topological polar surface area (TPSA) is 96.8 Å². The summed E-state index contributed by atoms with van der Waals surface area (Å²) in [5, 5.41) is 12.9. The van der Waals surface area contributed by atoms with Crippen molar-refractivity contribution in [2.24, 2.45) is 7.05 Å². The van der Waals surface area contributed by atoms with Crippen LogP contribution in [-0.4, -0.2) is 25.7 Å². The highest BCUT2D eigenvalue weighted by molar-refractivity contribution is 6.32. The third kappa shape index (κ3) is 4.44. The predicted molar refractivity (Wildman–Crippen MR) is 107 cm³/mol. The minimum absolute atomic E-state index is 0.0889. The second-order valence-electron chi connectivity index (χ2n) is 5.83. The van der Waals surface area contributed by atoms with Gasteiger partial charge in [-0.2, -0.15) is 10.1 Å². The highest BCUT2D eigenvalue weighted by Gasteiger charge is 2.12. The van der Waals surface area contributed by atoms with E-state index in [1.807, 2.05) is 6.92 Å². The summed E-state index contributed by atoms with van der Waals surface area (Å²) in [6.45, 7) is 5.22. The Hall–Kier alpha value is -3.46. The Bertz CT molecular complexity index is 1050. The lowest BCUT2D eigenvalue weighted by Gasteiger charge is -2.12. The average molecular weight is 402 g/mol. The Balaban J connectivity index is 1.86. The van der Waals surface area contributed by atoms with Crippen LogP contribution in [0, 0.1) is 12.7 Å². The Morgan fingerprint density at radius 1 is 1.32 bits per heavy atom. The second-order valence-corrected chi connectivity index (χ2v) is 6.24. The van der Waals surface area contributed by atoms with Gasteiger partial charge in [0.25, 0.3) is 0 Å². The molecule has 8 nitrogen and oxygen atoms in total. The van der Waals surface area contributed by atoms with E-state index in [-0.39, 0.29) is 22.5 Å². The lowest BCUT2D eigenvalue weighted by molar-refractivity contribution is -0.111. The molecule has 1 aromatic carbocycles. The summed E-state index contributed by atoms with van der Waals surface area (Å²) in [5.41, 5.74) is 1.98. The van der Waals surface area contributed by atoms with Crippen molar-refractivity contribution in [1.82, 2.24) is 19.7 Å². The molecular weight excluding hydrogens is 385 g/mol. The second kappa shape index (κ2) is 8.05. The van der Waals surface area contributed by atoms with E-state index in [1.54, 1.807) is 17.9 Å². The number of hydrogen-bond donors (Lipinski definition) is 3. The Morgan fingerprint density at radius 3 is 2.79 bits per heavy atom. The zero-order valence-electron chi connectivity index (χ0n) is 15.1. The molecule has 0 unspecified atom stereocenters. The van der Waals surface area contributed by atoms with Gasteiger partial charge < -0.3 is 16.0 Å². The number of aryl methyl sites for hydroxylation is 2. The molecule has 0 radical (unpaired) electrons. The first-order valence-corrected chi connectivity index (χ1v) is 8.53. The molecular formula is C18H17ClFN7O. The number of anilines is 5. The molecule has 3 aromatic rings. The minimum atomic E-state index is -0.538. The highest BCUT2D eigenvalue weighted by Crippen LogP contribution is 2.28. The molecule has 0 aliphatic heterocycles. The van der Waals surface area contributed by atoms with Crippen molar-refractivity contribution in [2.75, 3.05) is 16.0 Å². The number of carbonyl (C=O) groups excluding carboxylic acids is 1. The number of nitrogens with zero attached hydrogens (tertiary/aromatic N) is 4. The molecule has 0 aliphatic rings. The van der Waals surface area contributed by atoms with Gasteiger partial charge in [-0.3, -0.25) is 9.48 Å². The molecule has 0 bridgehead atoms. The van der Waals surface area contributed by atoms with Gasteiger partial charge >= 0.3 is 0 Å². The van der Waals surface area contributed by atoms with E-state index in [0.29, 0.717) is 5.69 Å². The van der Waals surface area contributed by atoms with E-state index in [4.69, 9.17) is 11.6 Å². The van der Waals surface area contributed by atoms with Crippen molar-refractivity contribution < 1.29 is 9.18 Å². The van der Waals surface area contributed by atoms with Crippen molar-refractivity contribution in [3.8, 4) is 0 Å². The van der Waals surface area contributed by atoms with E-state index >= 15 is 0 Å². The van der Waals surface area contributed by atoms with Gasteiger partial charge in [-0.15, -0.1) is 0 Å². The molecule has 28 heavy (non-hydrogen) atoms. The van der Waals surface area contributed by atoms with Gasteiger partial charge in [-0.05, 0) is 31.2 Å². The Labute approximate surface area is 165 Å². The molecule has 10 heteroatoms. The number of rotatable bonds is 6. The van der Waals surface area contributed by atoms with Crippen molar-refractivity contribution in [3.05, 3.63) is 59.8 Å². The van der Waals surface area contributed by atoms with Gasteiger partial charge in [0, 0.05) is 18.9 Å². The van der Waals surface area contributed by atoms with Gasteiger partial charge in [0.05, 0.1) is 23.3 Å². The first kappa shape index (κ1) is 19.3. The molecule has 0 atom stereocenters. The first-order chi connectivity index (χ1) is 13.4. The maximum atomic E-state index is 14.2. The van der Waals surface area contributed by atoms with E-state index < -0.39 is 11.7 Å². The molecule has 0 saturated heterocycles. The smallest absolute Gasteiger partial charge is 0.247 e. The first-order valence-electron chi connectivity index (χ1n) is 8.15. The number of nitrogens with one attached hydrogen (secondary N) is 3. The SMILES string of the molecule is C=CC(=O)Nc1ccc(F)c(Nc2nc(Nc3cn(C)nc3C)ncc2Cl)c1.